The van der Waals surface area contributed by atoms with Gasteiger partial charge >= 0.3 is 0 Å². The number of hydrogen-bond donors (Lipinski definition) is 1. The first-order chi connectivity index (χ1) is 10.0. The molecule has 0 aliphatic carbocycles. The molecule has 0 fully saturated rings. The molecule has 0 spiro atoms. The first-order valence-electron chi connectivity index (χ1n) is 6.43. The Labute approximate surface area is 126 Å². The van der Waals surface area contributed by atoms with E-state index in [1.165, 1.54) is 17.3 Å². The smallest absolute Gasteiger partial charge is 0.234 e. The van der Waals surface area contributed by atoms with Crippen molar-refractivity contribution in [2.24, 2.45) is 0 Å². The van der Waals surface area contributed by atoms with Gasteiger partial charge in [-0.1, -0.05) is 29.8 Å². The van der Waals surface area contributed by atoms with Crippen LogP contribution in [-0.2, 0) is 10.5 Å². The molecule has 110 valence electrons. The number of benzene rings is 2. The minimum absolute atomic E-state index is 0.129. The van der Waals surface area contributed by atoms with Gasteiger partial charge < -0.3 is 5.32 Å². The Bertz CT molecular complexity index is 629. The second-order valence-corrected chi connectivity index (χ2v) is 5.64. The number of aryl methyl sites for hydroxylation is 1. The van der Waals surface area contributed by atoms with Gasteiger partial charge in [-0.3, -0.25) is 4.79 Å². The molecule has 1 amide bonds. The van der Waals surface area contributed by atoms with Gasteiger partial charge in [-0.05, 0) is 24.6 Å². The monoisotopic (exact) mass is 307 g/mol. The second-order valence-electron chi connectivity index (χ2n) is 4.65. The van der Waals surface area contributed by atoms with Crippen LogP contribution in [0.4, 0.5) is 14.5 Å². The topological polar surface area (TPSA) is 29.1 Å². The molecule has 0 aromatic heterocycles. The van der Waals surface area contributed by atoms with Crippen molar-refractivity contribution in [2.75, 3.05) is 11.1 Å². The highest BCUT2D eigenvalue weighted by Gasteiger charge is 2.08. The molecular weight excluding hydrogens is 292 g/mol. The molecule has 5 heteroatoms. The molecule has 21 heavy (non-hydrogen) atoms. The molecule has 0 aliphatic rings. The third kappa shape index (κ3) is 4.86. The summed E-state index contributed by atoms with van der Waals surface area (Å²) in [5, 5.41) is 2.37. The first kappa shape index (κ1) is 15.5. The Morgan fingerprint density at radius 1 is 1.14 bits per heavy atom. The summed E-state index contributed by atoms with van der Waals surface area (Å²) in [6.45, 7) is 2.01. The predicted octanol–water partition coefficient (Wildman–Crippen LogP) is 4.15. The van der Waals surface area contributed by atoms with Crippen LogP contribution in [-0.4, -0.2) is 11.7 Å². The van der Waals surface area contributed by atoms with Crippen LogP contribution < -0.4 is 5.32 Å². The molecule has 2 nitrogen and oxygen atoms in total. The van der Waals surface area contributed by atoms with Crippen LogP contribution in [0.2, 0.25) is 0 Å². The van der Waals surface area contributed by atoms with E-state index in [9.17, 15) is 13.6 Å². The zero-order chi connectivity index (χ0) is 15.2. The van der Waals surface area contributed by atoms with Gasteiger partial charge in [-0.2, -0.15) is 0 Å². The molecule has 0 aliphatic heterocycles. The van der Waals surface area contributed by atoms with Crippen LogP contribution in [0.5, 0.6) is 0 Å². The van der Waals surface area contributed by atoms with E-state index in [4.69, 9.17) is 0 Å². The summed E-state index contributed by atoms with van der Waals surface area (Å²) in [6.07, 6.45) is 0. The van der Waals surface area contributed by atoms with Crippen LogP contribution in [0.1, 0.15) is 11.1 Å². The van der Waals surface area contributed by atoms with Crippen LogP contribution in [0.15, 0.2) is 42.5 Å². The van der Waals surface area contributed by atoms with Crippen molar-refractivity contribution in [3.8, 4) is 0 Å². The Hall–Kier alpha value is -1.88. The van der Waals surface area contributed by atoms with E-state index in [1.807, 2.05) is 31.2 Å². The van der Waals surface area contributed by atoms with E-state index in [1.54, 1.807) is 0 Å². The highest BCUT2D eigenvalue weighted by atomic mass is 32.2. The number of nitrogens with one attached hydrogen (secondary N) is 1. The predicted molar refractivity (Wildman–Crippen MR) is 82.3 cm³/mol. The number of rotatable bonds is 5. The van der Waals surface area contributed by atoms with Crippen LogP contribution >= 0.6 is 11.8 Å². The Morgan fingerprint density at radius 2 is 1.86 bits per heavy atom. The molecule has 0 bridgehead atoms. The minimum atomic E-state index is -0.645. The number of hydrogen-bond acceptors (Lipinski definition) is 2. The SMILES string of the molecule is Cc1ccc(CSCC(=O)Nc2cc(F)ccc2F)cc1. The minimum Gasteiger partial charge on any atom is -0.323 e. The zero-order valence-electron chi connectivity index (χ0n) is 11.5. The van der Waals surface area contributed by atoms with Gasteiger partial charge in [0.1, 0.15) is 11.6 Å². The summed E-state index contributed by atoms with van der Waals surface area (Å²) in [6, 6.07) is 11.0. The third-order valence-corrected chi connectivity index (χ3v) is 3.83. The summed E-state index contributed by atoms with van der Waals surface area (Å²) < 4.78 is 26.3. The van der Waals surface area contributed by atoms with Gasteiger partial charge in [0, 0.05) is 11.8 Å². The van der Waals surface area contributed by atoms with Crippen molar-refractivity contribution in [1.29, 1.82) is 0 Å². The van der Waals surface area contributed by atoms with Crippen molar-refractivity contribution in [3.05, 3.63) is 65.2 Å². The summed E-state index contributed by atoms with van der Waals surface area (Å²) in [5.41, 5.74) is 2.18. The maximum absolute atomic E-state index is 13.4. The normalized spacial score (nSPS) is 10.4. The summed E-state index contributed by atoms with van der Waals surface area (Å²) in [5.74, 6) is -0.702. The quantitative estimate of drug-likeness (QED) is 0.899. The molecule has 2 aromatic rings. The Morgan fingerprint density at radius 3 is 2.57 bits per heavy atom. The number of carbonyl (C=O) groups excluding carboxylic acids is 1. The first-order valence-corrected chi connectivity index (χ1v) is 7.58. The highest BCUT2D eigenvalue weighted by molar-refractivity contribution is 7.99. The molecule has 0 heterocycles. The van der Waals surface area contributed by atoms with Crippen LogP contribution in [0.3, 0.4) is 0 Å². The molecule has 0 saturated carbocycles. The fourth-order valence-electron chi connectivity index (χ4n) is 1.73. The third-order valence-electron chi connectivity index (χ3n) is 2.82. The van der Waals surface area contributed by atoms with E-state index in [0.717, 1.165) is 23.8 Å². The van der Waals surface area contributed by atoms with Crippen molar-refractivity contribution in [1.82, 2.24) is 0 Å². The number of anilines is 1. The average molecular weight is 307 g/mol. The lowest BCUT2D eigenvalue weighted by molar-refractivity contribution is -0.113. The highest BCUT2D eigenvalue weighted by Crippen LogP contribution is 2.17. The van der Waals surface area contributed by atoms with Crippen molar-refractivity contribution >= 4 is 23.4 Å². The lowest BCUT2D eigenvalue weighted by Gasteiger charge is -2.06. The largest absolute Gasteiger partial charge is 0.323 e. The molecular formula is C16H15F2NOS. The average Bonchev–Trinajstić information content (AvgIpc) is 2.45. The van der Waals surface area contributed by atoms with E-state index in [2.05, 4.69) is 5.32 Å². The van der Waals surface area contributed by atoms with Crippen molar-refractivity contribution in [3.63, 3.8) is 0 Å². The second kappa shape index (κ2) is 7.22. The van der Waals surface area contributed by atoms with E-state index in [-0.39, 0.29) is 17.3 Å². The Balaban J connectivity index is 1.82. The molecule has 2 aromatic carbocycles. The zero-order valence-corrected chi connectivity index (χ0v) is 12.3. The number of thioether (sulfide) groups is 1. The van der Waals surface area contributed by atoms with E-state index in [0.29, 0.717) is 5.75 Å². The van der Waals surface area contributed by atoms with Gasteiger partial charge in [-0.15, -0.1) is 11.8 Å². The van der Waals surface area contributed by atoms with E-state index < -0.39 is 11.6 Å². The number of amides is 1. The van der Waals surface area contributed by atoms with E-state index >= 15 is 0 Å². The fourth-order valence-corrected chi connectivity index (χ4v) is 2.51. The van der Waals surface area contributed by atoms with Crippen molar-refractivity contribution < 1.29 is 13.6 Å². The molecule has 0 unspecified atom stereocenters. The van der Waals surface area contributed by atoms with Crippen LogP contribution in [0.25, 0.3) is 0 Å². The molecule has 2 rings (SSSR count). The molecule has 0 radical (unpaired) electrons. The standard InChI is InChI=1S/C16H15F2NOS/c1-11-2-4-12(5-3-11)9-21-10-16(20)19-15-8-13(17)6-7-14(15)18/h2-8H,9-10H2,1H3,(H,19,20). The molecule has 1 N–H and O–H groups in total. The summed E-state index contributed by atoms with van der Waals surface area (Å²) in [7, 11) is 0. The van der Waals surface area contributed by atoms with Gasteiger partial charge in [0.2, 0.25) is 5.91 Å². The lowest BCUT2D eigenvalue weighted by Crippen LogP contribution is -2.15. The molecule has 0 atom stereocenters. The maximum Gasteiger partial charge on any atom is 0.234 e. The lowest BCUT2D eigenvalue weighted by atomic mass is 10.2. The summed E-state index contributed by atoms with van der Waals surface area (Å²) in [4.78, 5) is 11.7. The summed E-state index contributed by atoms with van der Waals surface area (Å²) >= 11 is 1.42. The van der Waals surface area contributed by atoms with Crippen LogP contribution in [0, 0.1) is 18.6 Å². The fraction of sp³-hybridized carbons (Fsp3) is 0.188. The molecule has 0 saturated heterocycles. The van der Waals surface area contributed by atoms with Gasteiger partial charge in [0.15, 0.2) is 0 Å². The number of halogens is 2. The van der Waals surface area contributed by atoms with Crippen molar-refractivity contribution in [2.45, 2.75) is 12.7 Å². The van der Waals surface area contributed by atoms with Gasteiger partial charge in [0.05, 0.1) is 11.4 Å². The number of carbonyl (C=O) groups is 1. The van der Waals surface area contributed by atoms with Gasteiger partial charge in [0.25, 0.3) is 0 Å². The maximum atomic E-state index is 13.4. The van der Waals surface area contributed by atoms with Gasteiger partial charge in [-0.25, -0.2) is 8.78 Å². The Kier molecular flexibility index (Phi) is 5.33.